The normalized spacial score (nSPS) is 14.1. The molecule has 0 radical (unpaired) electrons. The van der Waals surface area contributed by atoms with Crippen molar-refractivity contribution in [3.05, 3.63) is 93.3 Å². The first-order chi connectivity index (χ1) is 17.7. The van der Waals surface area contributed by atoms with Crippen molar-refractivity contribution >= 4 is 45.5 Å². The monoisotopic (exact) mass is 567 g/mol. The van der Waals surface area contributed by atoms with Crippen LogP contribution in [0.25, 0.3) is 6.08 Å². The van der Waals surface area contributed by atoms with Gasteiger partial charge in [-0.25, -0.2) is 9.18 Å². The molecule has 0 spiro atoms. The van der Waals surface area contributed by atoms with E-state index in [0.717, 1.165) is 16.0 Å². The first kappa shape index (κ1) is 25.9. The zero-order valence-corrected chi connectivity index (χ0v) is 21.6. The number of urea groups is 1. The minimum atomic E-state index is -0.505. The minimum absolute atomic E-state index is 0.124. The number of hydrogen-bond acceptors (Lipinski definition) is 5. The molecule has 3 aromatic carbocycles. The number of rotatable bonds is 8. The summed E-state index contributed by atoms with van der Waals surface area (Å²) < 4.78 is 24.6. The van der Waals surface area contributed by atoms with Gasteiger partial charge in [0.15, 0.2) is 18.1 Å². The van der Waals surface area contributed by atoms with Crippen LogP contribution >= 0.6 is 15.9 Å². The fraction of sp³-hybridized carbons (Fsp3) is 0.148. The van der Waals surface area contributed by atoms with Gasteiger partial charge in [0.05, 0.1) is 18.1 Å². The molecule has 4 amide bonds. The molecule has 0 aliphatic carbocycles. The molecule has 0 unspecified atom stereocenters. The van der Waals surface area contributed by atoms with Crippen molar-refractivity contribution in [1.82, 2.24) is 10.2 Å². The summed E-state index contributed by atoms with van der Waals surface area (Å²) in [7, 11) is 1.44. The predicted molar refractivity (Wildman–Crippen MR) is 139 cm³/mol. The molecule has 37 heavy (non-hydrogen) atoms. The predicted octanol–water partition coefficient (Wildman–Crippen LogP) is 5.02. The second kappa shape index (κ2) is 11.3. The van der Waals surface area contributed by atoms with E-state index in [2.05, 4.69) is 26.6 Å². The van der Waals surface area contributed by atoms with Gasteiger partial charge < -0.3 is 20.1 Å². The van der Waals surface area contributed by atoms with E-state index in [0.29, 0.717) is 21.5 Å². The lowest BCUT2D eigenvalue weighted by atomic mass is 10.1. The standard InChI is InChI=1S/C27H23BrFN3O5/c1-16-3-5-17(6-4-16)14-32-26(34)22(31-27(32)35)12-18-11-21(28)25(23(13-18)36-2)37-15-24(33)30-20-9-7-19(29)8-10-20/h3-13H,14-15H2,1-2H3,(H,30,33)(H,31,35)/b22-12+. The highest BCUT2D eigenvalue weighted by Gasteiger charge is 2.33. The molecule has 1 aliphatic rings. The van der Waals surface area contributed by atoms with Gasteiger partial charge in [-0.3, -0.25) is 14.5 Å². The van der Waals surface area contributed by atoms with Gasteiger partial charge >= 0.3 is 6.03 Å². The molecular weight excluding hydrogens is 545 g/mol. The SMILES string of the molecule is COc1cc(/C=C2/NC(=O)N(Cc3ccc(C)cc3)C2=O)cc(Br)c1OCC(=O)Nc1ccc(F)cc1. The third-order valence-electron chi connectivity index (χ3n) is 5.46. The largest absolute Gasteiger partial charge is 0.493 e. The third-order valence-corrected chi connectivity index (χ3v) is 6.05. The number of imide groups is 1. The van der Waals surface area contributed by atoms with Crippen LogP contribution in [-0.2, 0) is 16.1 Å². The van der Waals surface area contributed by atoms with E-state index < -0.39 is 23.7 Å². The summed E-state index contributed by atoms with van der Waals surface area (Å²) in [4.78, 5) is 38.7. The lowest BCUT2D eigenvalue weighted by molar-refractivity contribution is -0.123. The number of methoxy groups -OCH3 is 1. The average Bonchev–Trinajstić information content (AvgIpc) is 3.13. The lowest BCUT2D eigenvalue weighted by Gasteiger charge is -2.14. The second-order valence-electron chi connectivity index (χ2n) is 8.24. The Bertz CT molecular complexity index is 1370. The first-order valence-electron chi connectivity index (χ1n) is 11.2. The van der Waals surface area contributed by atoms with Gasteiger partial charge in [0, 0.05) is 5.69 Å². The van der Waals surface area contributed by atoms with E-state index in [1.54, 1.807) is 12.1 Å². The van der Waals surface area contributed by atoms with E-state index in [4.69, 9.17) is 9.47 Å². The van der Waals surface area contributed by atoms with Crippen molar-refractivity contribution in [2.45, 2.75) is 13.5 Å². The van der Waals surface area contributed by atoms with Crippen LogP contribution in [0.3, 0.4) is 0 Å². The van der Waals surface area contributed by atoms with Crippen LogP contribution in [0, 0.1) is 12.7 Å². The van der Waals surface area contributed by atoms with Crippen LogP contribution in [0.2, 0.25) is 0 Å². The van der Waals surface area contributed by atoms with Crippen molar-refractivity contribution < 1.29 is 28.2 Å². The highest BCUT2D eigenvalue weighted by molar-refractivity contribution is 9.10. The fourth-order valence-corrected chi connectivity index (χ4v) is 4.16. The van der Waals surface area contributed by atoms with Crippen molar-refractivity contribution in [2.75, 3.05) is 19.0 Å². The van der Waals surface area contributed by atoms with E-state index in [9.17, 15) is 18.8 Å². The van der Waals surface area contributed by atoms with Crippen LogP contribution in [-0.4, -0.2) is 36.5 Å². The van der Waals surface area contributed by atoms with Crippen molar-refractivity contribution in [1.29, 1.82) is 0 Å². The Morgan fingerprint density at radius 3 is 2.49 bits per heavy atom. The Kier molecular flexibility index (Phi) is 7.88. The molecule has 1 heterocycles. The number of carbonyl (C=O) groups excluding carboxylic acids is 3. The average molecular weight is 568 g/mol. The molecule has 10 heteroatoms. The number of benzene rings is 3. The van der Waals surface area contributed by atoms with Gasteiger partial charge in [0.25, 0.3) is 11.8 Å². The van der Waals surface area contributed by atoms with E-state index in [1.165, 1.54) is 37.5 Å². The maximum atomic E-state index is 13.0. The van der Waals surface area contributed by atoms with E-state index in [1.807, 2.05) is 31.2 Å². The van der Waals surface area contributed by atoms with E-state index in [-0.39, 0.29) is 24.6 Å². The summed E-state index contributed by atoms with van der Waals surface area (Å²) >= 11 is 3.41. The lowest BCUT2D eigenvalue weighted by Crippen LogP contribution is -2.30. The van der Waals surface area contributed by atoms with Crippen molar-refractivity contribution in [3.8, 4) is 11.5 Å². The van der Waals surface area contributed by atoms with Crippen LogP contribution in [0.5, 0.6) is 11.5 Å². The Morgan fingerprint density at radius 2 is 1.81 bits per heavy atom. The molecule has 190 valence electrons. The van der Waals surface area contributed by atoms with E-state index >= 15 is 0 Å². The number of amides is 4. The summed E-state index contributed by atoms with van der Waals surface area (Å²) in [5, 5.41) is 5.22. The van der Waals surface area contributed by atoms with Gasteiger partial charge in [0.1, 0.15) is 11.5 Å². The molecule has 2 N–H and O–H groups in total. The smallest absolute Gasteiger partial charge is 0.329 e. The van der Waals surface area contributed by atoms with Gasteiger partial charge in [-0.15, -0.1) is 0 Å². The van der Waals surface area contributed by atoms with Crippen LogP contribution < -0.4 is 20.1 Å². The maximum absolute atomic E-state index is 13.0. The number of anilines is 1. The fourth-order valence-electron chi connectivity index (χ4n) is 3.59. The number of halogens is 2. The topological polar surface area (TPSA) is 97.0 Å². The number of ether oxygens (including phenoxy) is 2. The highest BCUT2D eigenvalue weighted by atomic mass is 79.9. The Labute approximate surface area is 221 Å². The molecule has 0 aromatic heterocycles. The summed E-state index contributed by atoms with van der Waals surface area (Å²) in [5.41, 5.74) is 3.04. The molecule has 4 rings (SSSR count). The summed E-state index contributed by atoms with van der Waals surface area (Å²) in [5.74, 6) is -0.709. The molecule has 1 fully saturated rings. The Hall–Kier alpha value is -4.18. The third kappa shape index (κ3) is 6.34. The van der Waals surface area contributed by atoms with Crippen LogP contribution in [0.4, 0.5) is 14.9 Å². The molecule has 0 bridgehead atoms. The number of carbonyl (C=O) groups is 3. The zero-order chi connectivity index (χ0) is 26.5. The number of nitrogens with zero attached hydrogens (tertiary/aromatic N) is 1. The molecule has 1 aliphatic heterocycles. The second-order valence-corrected chi connectivity index (χ2v) is 9.10. The van der Waals surface area contributed by atoms with Gasteiger partial charge in [-0.05, 0) is 76.5 Å². The Balaban J connectivity index is 1.45. The molecule has 3 aromatic rings. The maximum Gasteiger partial charge on any atom is 0.329 e. The first-order valence-corrected chi connectivity index (χ1v) is 12.0. The number of hydrogen-bond donors (Lipinski definition) is 2. The zero-order valence-electron chi connectivity index (χ0n) is 20.0. The molecular formula is C27H23BrFN3O5. The Morgan fingerprint density at radius 1 is 1.11 bits per heavy atom. The summed E-state index contributed by atoms with van der Waals surface area (Å²) in [6, 6.07) is 15.7. The molecule has 0 atom stereocenters. The van der Waals surface area contributed by atoms with Crippen molar-refractivity contribution in [3.63, 3.8) is 0 Å². The quantitative estimate of drug-likeness (QED) is 0.294. The van der Waals surface area contributed by atoms with Gasteiger partial charge in [-0.2, -0.15) is 0 Å². The van der Waals surface area contributed by atoms with Gasteiger partial charge in [0.2, 0.25) is 0 Å². The molecule has 8 nitrogen and oxygen atoms in total. The molecule has 1 saturated heterocycles. The number of nitrogens with one attached hydrogen (secondary N) is 2. The summed E-state index contributed by atoms with van der Waals surface area (Å²) in [6.45, 7) is 1.79. The summed E-state index contributed by atoms with van der Waals surface area (Å²) in [6.07, 6.45) is 1.54. The van der Waals surface area contributed by atoms with Crippen LogP contribution in [0.15, 0.2) is 70.8 Å². The molecule has 0 saturated carbocycles. The van der Waals surface area contributed by atoms with Crippen molar-refractivity contribution in [2.24, 2.45) is 0 Å². The minimum Gasteiger partial charge on any atom is -0.493 e. The van der Waals surface area contributed by atoms with Gasteiger partial charge in [-0.1, -0.05) is 29.8 Å². The van der Waals surface area contributed by atoms with Crippen LogP contribution in [0.1, 0.15) is 16.7 Å². The highest BCUT2D eigenvalue weighted by Crippen LogP contribution is 2.37. The number of aryl methyl sites for hydroxylation is 1.